The maximum absolute atomic E-state index is 12.3. The van der Waals surface area contributed by atoms with Gasteiger partial charge in [-0.25, -0.2) is 17.9 Å². The molecule has 0 fully saturated rings. The number of carboxylic acids is 1. The molecule has 0 radical (unpaired) electrons. The highest BCUT2D eigenvalue weighted by molar-refractivity contribution is 7.88. The fourth-order valence-corrected chi connectivity index (χ4v) is 4.13. The monoisotopic (exact) mass is 313 g/mol. The first-order valence-corrected chi connectivity index (χ1v) is 8.76. The molecule has 0 aliphatic rings. The maximum Gasteiger partial charge on any atom is 0.335 e. The second-order valence-corrected chi connectivity index (χ2v) is 6.93. The number of sulfonamides is 1. The summed E-state index contributed by atoms with van der Waals surface area (Å²) in [5.41, 5.74) is 0.138. The Labute approximate surface area is 126 Å². The molecular weight excluding hydrogens is 290 g/mol. The van der Waals surface area contributed by atoms with Crippen molar-refractivity contribution < 1.29 is 18.3 Å². The molecular formula is C15H23NO4S. The summed E-state index contributed by atoms with van der Waals surface area (Å²) in [6.45, 7) is 5.88. The van der Waals surface area contributed by atoms with E-state index in [9.17, 15) is 13.2 Å². The maximum atomic E-state index is 12.3. The molecule has 0 atom stereocenters. The number of hydrogen-bond acceptors (Lipinski definition) is 3. The van der Waals surface area contributed by atoms with Gasteiger partial charge in [0, 0.05) is 5.54 Å². The van der Waals surface area contributed by atoms with Gasteiger partial charge in [-0.05, 0) is 37.0 Å². The minimum absolute atomic E-state index is 0.0930. The third-order valence-corrected chi connectivity index (χ3v) is 5.39. The molecule has 6 heteroatoms. The summed E-state index contributed by atoms with van der Waals surface area (Å²) < 4.78 is 27.4. The van der Waals surface area contributed by atoms with E-state index in [1.54, 1.807) is 12.1 Å². The minimum Gasteiger partial charge on any atom is -0.478 e. The highest BCUT2D eigenvalue weighted by atomic mass is 32.2. The molecule has 0 saturated heterocycles. The number of carbonyl (C=O) groups is 1. The number of rotatable bonds is 8. The molecule has 0 heterocycles. The highest BCUT2D eigenvalue weighted by Gasteiger charge is 2.29. The molecule has 1 aromatic carbocycles. The molecule has 2 N–H and O–H groups in total. The van der Waals surface area contributed by atoms with Crippen LogP contribution < -0.4 is 4.72 Å². The van der Waals surface area contributed by atoms with Crippen LogP contribution in [0.4, 0.5) is 0 Å². The van der Waals surface area contributed by atoms with Gasteiger partial charge in [0.05, 0.1) is 11.3 Å². The Bertz CT molecular complexity index is 583. The normalized spacial score (nSPS) is 12.3. The number of benzene rings is 1. The second-order valence-electron chi connectivity index (χ2n) is 5.21. The van der Waals surface area contributed by atoms with Gasteiger partial charge in [0.1, 0.15) is 0 Å². The largest absolute Gasteiger partial charge is 0.478 e. The van der Waals surface area contributed by atoms with Crippen LogP contribution in [0.15, 0.2) is 24.3 Å². The van der Waals surface area contributed by atoms with E-state index in [0.29, 0.717) is 24.8 Å². The van der Waals surface area contributed by atoms with Gasteiger partial charge in [-0.15, -0.1) is 0 Å². The molecule has 118 valence electrons. The van der Waals surface area contributed by atoms with Crippen LogP contribution in [0.3, 0.4) is 0 Å². The van der Waals surface area contributed by atoms with Crippen molar-refractivity contribution in [3.63, 3.8) is 0 Å². The van der Waals surface area contributed by atoms with Crippen molar-refractivity contribution in [2.45, 2.75) is 51.3 Å². The van der Waals surface area contributed by atoms with Gasteiger partial charge in [-0.2, -0.15) is 0 Å². The average Bonchev–Trinajstić information content (AvgIpc) is 2.44. The Kier molecular flexibility index (Phi) is 5.92. The smallest absolute Gasteiger partial charge is 0.335 e. The molecule has 1 aromatic rings. The molecule has 21 heavy (non-hydrogen) atoms. The van der Waals surface area contributed by atoms with Crippen molar-refractivity contribution in [1.82, 2.24) is 4.72 Å². The Hall–Kier alpha value is -1.40. The molecule has 0 aliphatic carbocycles. The Balaban J connectivity index is 2.95. The molecule has 0 spiro atoms. The molecule has 0 aromatic heterocycles. The van der Waals surface area contributed by atoms with Crippen LogP contribution in [0.1, 0.15) is 56.0 Å². The summed E-state index contributed by atoms with van der Waals surface area (Å²) in [5, 5.41) is 8.94. The Morgan fingerprint density at radius 3 is 2.24 bits per heavy atom. The number of hydrogen-bond donors (Lipinski definition) is 2. The fourth-order valence-electron chi connectivity index (χ4n) is 2.35. The van der Waals surface area contributed by atoms with E-state index in [4.69, 9.17) is 5.11 Å². The van der Waals surface area contributed by atoms with Gasteiger partial charge in [0.25, 0.3) is 0 Å². The van der Waals surface area contributed by atoms with Gasteiger partial charge >= 0.3 is 5.97 Å². The summed E-state index contributed by atoms with van der Waals surface area (Å²) >= 11 is 0. The Morgan fingerprint density at radius 2 is 1.76 bits per heavy atom. The molecule has 0 saturated carbocycles. The molecule has 1 rings (SSSR count). The second kappa shape index (κ2) is 7.04. The van der Waals surface area contributed by atoms with Crippen molar-refractivity contribution in [1.29, 1.82) is 0 Å². The molecule has 0 bridgehead atoms. The average molecular weight is 313 g/mol. The number of nitrogens with one attached hydrogen (secondary N) is 1. The van der Waals surface area contributed by atoms with Crippen molar-refractivity contribution >= 4 is 16.0 Å². The van der Waals surface area contributed by atoms with E-state index >= 15 is 0 Å². The predicted octanol–water partition coefficient (Wildman–Crippen LogP) is 2.77. The summed E-state index contributed by atoms with van der Waals surface area (Å²) in [4.78, 5) is 10.9. The quantitative estimate of drug-likeness (QED) is 0.773. The van der Waals surface area contributed by atoms with Crippen molar-refractivity contribution in [2.24, 2.45) is 0 Å². The van der Waals surface area contributed by atoms with Gasteiger partial charge in [-0.3, -0.25) is 0 Å². The van der Waals surface area contributed by atoms with E-state index in [-0.39, 0.29) is 11.3 Å². The van der Waals surface area contributed by atoms with Gasteiger partial charge < -0.3 is 5.11 Å². The molecule has 0 aliphatic heterocycles. The van der Waals surface area contributed by atoms with Crippen LogP contribution in [0, 0.1) is 0 Å². The molecule has 0 unspecified atom stereocenters. The number of carboxylic acid groups (broad SMARTS) is 1. The van der Waals surface area contributed by atoms with Crippen LogP contribution in [-0.2, 0) is 15.8 Å². The lowest BCUT2D eigenvalue weighted by Crippen LogP contribution is -2.47. The van der Waals surface area contributed by atoms with Gasteiger partial charge in [0.15, 0.2) is 0 Å². The zero-order valence-electron chi connectivity index (χ0n) is 12.7. The standard InChI is InChI=1S/C15H23NO4S/c1-4-15(5-2,6-3)16-21(19,20)11-12-8-7-9-13(10-12)14(17)18/h7-10,16H,4-6,11H2,1-3H3,(H,17,18). The third kappa shape index (κ3) is 4.82. The highest BCUT2D eigenvalue weighted by Crippen LogP contribution is 2.21. The zero-order chi connectivity index (χ0) is 16.1. The predicted molar refractivity (Wildman–Crippen MR) is 82.8 cm³/mol. The fraction of sp³-hybridized carbons (Fsp3) is 0.533. The van der Waals surface area contributed by atoms with Crippen LogP contribution >= 0.6 is 0 Å². The van der Waals surface area contributed by atoms with E-state index in [2.05, 4.69) is 4.72 Å². The Morgan fingerprint density at radius 1 is 1.19 bits per heavy atom. The first-order chi connectivity index (χ1) is 9.77. The van der Waals surface area contributed by atoms with E-state index in [1.165, 1.54) is 12.1 Å². The van der Waals surface area contributed by atoms with Gasteiger partial charge in [-0.1, -0.05) is 32.9 Å². The first-order valence-electron chi connectivity index (χ1n) is 7.11. The lowest BCUT2D eigenvalue weighted by atomic mass is 9.91. The summed E-state index contributed by atoms with van der Waals surface area (Å²) in [6, 6.07) is 6.02. The molecule has 0 amide bonds. The zero-order valence-corrected chi connectivity index (χ0v) is 13.5. The van der Waals surface area contributed by atoms with Crippen LogP contribution in [0.2, 0.25) is 0 Å². The topological polar surface area (TPSA) is 83.5 Å². The van der Waals surface area contributed by atoms with Crippen LogP contribution in [-0.4, -0.2) is 25.0 Å². The van der Waals surface area contributed by atoms with E-state index in [1.807, 2.05) is 20.8 Å². The van der Waals surface area contributed by atoms with Crippen LogP contribution in [0.5, 0.6) is 0 Å². The molecule has 5 nitrogen and oxygen atoms in total. The van der Waals surface area contributed by atoms with Crippen LogP contribution in [0.25, 0.3) is 0 Å². The summed E-state index contributed by atoms with van der Waals surface area (Å²) in [5.74, 6) is -1.28. The summed E-state index contributed by atoms with van der Waals surface area (Å²) in [7, 11) is -3.51. The van der Waals surface area contributed by atoms with E-state index in [0.717, 1.165) is 0 Å². The lowest BCUT2D eigenvalue weighted by molar-refractivity contribution is 0.0696. The summed E-state index contributed by atoms with van der Waals surface area (Å²) in [6.07, 6.45) is 2.15. The van der Waals surface area contributed by atoms with E-state index < -0.39 is 21.5 Å². The van der Waals surface area contributed by atoms with Gasteiger partial charge in [0.2, 0.25) is 10.0 Å². The lowest BCUT2D eigenvalue weighted by Gasteiger charge is -2.31. The third-order valence-electron chi connectivity index (χ3n) is 3.93. The van der Waals surface area contributed by atoms with Crippen molar-refractivity contribution in [3.05, 3.63) is 35.4 Å². The minimum atomic E-state index is -3.51. The number of aromatic carboxylic acids is 1. The SMILES string of the molecule is CCC(CC)(CC)NS(=O)(=O)Cc1cccc(C(=O)O)c1. The van der Waals surface area contributed by atoms with Crippen molar-refractivity contribution in [3.8, 4) is 0 Å². The van der Waals surface area contributed by atoms with Crippen molar-refractivity contribution in [2.75, 3.05) is 0 Å². The first kappa shape index (κ1) is 17.7.